The van der Waals surface area contributed by atoms with Crippen LogP contribution in [-0.4, -0.2) is 11.1 Å². The minimum Gasteiger partial charge on any atom is -0.481 e. The van der Waals surface area contributed by atoms with Crippen LogP contribution < -0.4 is 0 Å². The third-order valence-electron chi connectivity index (χ3n) is 2.78. The lowest BCUT2D eigenvalue weighted by Crippen LogP contribution is -2.22. The Morgan fingerprint density at radius 2 is 1.81 bits per heavy atom. The Morgan fingerprint density at radius 1 is 1.25 bits per heavy atom. The molecule has 86 valence electrons. The van der Waals surface area contributed by atoms with Gasteiger partial charge in [0.2, 0.25) is 0 Å². The van der Waals surface area contributed by atoms with E-state index < -0.39 is 28.8 Å². The highest BCUT2D eigenvalue weighted by Crippen LogP contribution is 2.50. The highest BCUT2D eigenvalue weighted by atomic mass is 79.9. The zero-order valence-corrected chi connectivity index (χ0v) is 9.44. The van der Waals surface area contributed by atoms with Crippen molar-refractivity contribution in [2.24, 2.45) is 0 Å². The van der Waals surface area contributed by atoms with Crippen LogP contribution in [0.5, 0.6) is 0 Å². The number of benzene rings is 1. The Kier molecular flexibility index (Phi) is 2.49. The van der Waals surface area contributed by atoms with Crippen LogP contribution in [-0.2, 0) is 10.2 Å². The van der Waals surface area contributed by atoms with Crippen LogP contribution in [0.25, 0.3) is 0 Å². The summed E-state index contributed by atoms with van der Waals surface area (Å²) in [5.41, 5.74) is -1.69. The molecule has 0 atom stereocenters. The van der Waals surface area contributed by atoms with E-state index in [1.165, 1.54) is 0 Å². The molecule has 0 amide bonds. The van der Waals surface area contributed by atoms with Gasteiger partial charge in [0.05, 0.1) is 9.89 Å². The first-order valence-corrected chi connectivity index (χ1v) is 5.26. The summed E-state index contributed by atoms with van der Waals surface area (Å²) in [4.78, 5) is 10.9. The normalized spacial score (nSPS) is 17.2. The lowest BCUT2D eigenvalue weighted by molar-refractivity contribution is -0.140. The maximum absolute atomic E-state index is 13.4. The Bertz CT molecular complexity index is 483. The van der Waals surface area contributed by atoms with E-state index >= 15 is 0 Å². The van der Waals surface area contributed by atoms with Crippen molar-refractivity contribution < 1.29 is 23.1 Å². The van der Waals surface area contributed by atoms with E-state index in [9.17, 15) is 18.0 Å². The third-order valence-corrected chi connectivity index (χ3v) is 3.35. The second kappa shape index (κ2) is 3.48. The molecule has 1 fully saturated rings. The average molecular weight is 295 g/mol. The summed E-state index contributed by atoms with van der Waals surface area (Å²) in [7, 11) is 0. The Balaban J connectivity index is 2.63. The molecule has 0 heterocycles. The van der Waals surface area contributed by atoms with Gasteiger partial charge in [-0.05, 0) is 34.8 Å². The van der Waals surface area contributed by atoms with Crippen LogP contribution in [0.1, 0.15) is 18.4 Å². The second-order valence-corrected chi connectivity index (χ2v) is 4.59. The van der Waals surface area contributed by atoms with Gasteiger partial charge in [0.25, 0.3) is 0 Å². The fourth-order valence-corrected chi connectivity index (χ4v) is 2.05. The molecule has 0 aromatic heterocycles. The predicted molar refractivity (Wildman–Crippen MR) is 52.6 cm³/mol. The van der Waals surface area contributed by atoms with Crippen molar-refractivity contribution in [2.45, 2.75) is 18.3 Å². The van der Waals surface area contributed by atoms with Crippen LogP contribution in [0.3, 0.4) is 0 Å². The molecule has 0 spiro atoms. The molecule has 0 saturated heterocycles. The number of carboxylic acid groups (broad SMARTS) is 1. The molecule has 6 heteroatoms. The lowest BCUT2D eigenvalue weighted by Gasteiger charge is -2.12. The third kappa shape index (κ3) is 1.43. The molecule has 0 aliphatic heterocycles. The minimum atomic E-state index is -1.64. The molecule has 1 N–H and O–H groups in total. The SMILES string of the molecule is O=C(O)C1(c2cc(Br)c(F)c(F)c2F)CC1. The highest BCUT2D eigenvalue weighted by molar-refractivity contribution is 9.10. The number of carbonyl (C=O) groups is 1. The Labute approximate surface area is 97.2 Å². The zero-order chi connectivity index (χ0) is 12.1. The summed E-state index contributed by atoms with van der Waals surface area (Å²) in [5, 5.41) is 8.93. The van der Waals surface area contributed by atoms with Crippen LogP contribution in [0.4, 0.5) is 13.2 Å². The first kappa shape index (κ1) is 11.4. The van der Waals surface area contributed by atoms with E-state index in [-0.39, 0.29) is 22.9 Å². The molecular formula is C10H6BrF3O2. The van der Waals surface area contributed by atoms with Crippen molar-refractivity contribution in [3.8, 4) is 0 Å². The Morgan fingerprint density at radius 3 is 2.25 bits per heavy atom. The number of carboxylic acids is 1. The molecule has 0 unspecified atom stereocenters. The summed E-state index contributed by atoms with van der Waals surface area (Å²) in [6.45, 7) is 0. The van der Waals surface area contributed by atoms with Gasteiger partial charge < -0.3 is 5.11 Å². The first-order chi connectivity index (χ1) is 7.40. The number of hydrogen-bond acceptors (Lipinski definition) is 1. The van der Waals surface area contributed by atoms with Crippen molar-refractivity contribution in [1.29, 1.82) is 0 Å². The first-order valence-electron chi connectivity index (χ1n) is 4.47. The summed E-state index contributed by atoms with van der Waals surface area (Å²) in [6, 6.07) is 0.995. The van der Waals surface area contributed by atoms with E-state index in [4.69, 9.17) is 5.11 Å². The van der Waals surface area contributed by atoms with E-state index in [1.54, 1.807) is 0 Å². The number of rotatable bonds is 2. The molecule has 2 nitrogen and oxygen atoms in total. The van der Waals surface area contributed by atoms with E-state index in [2.05, 4.69) is 15.9 Å². The summed E-state index contributed by atoms with van der Waals surface area (Å²) in [5.74, 6) is -5.62. The van der Waals surface area contributed by atoms with Gasteiger partial charge in [0, 0.05) is 5.56 Å². The largest absolute Gasteiger partial charge is 0.481 e. The number of aliphatic carboxylic acids is 1. The number of hydrogen-bond donors (Lipinski definition) is 1. The Hall–Kier alpha value is -1.04. The van der Waals surface area contributed by atoms with Crippen LogP contribution in [0, 0.1) is 17.5 Å². The van der Waals surface area contributed by atoms with E-state index in [0.717, 1.165) is 6.07 Å². The summed E-state index contributed by atoms with van der Waals surface area (Å²) < 4.78 is 39.2. The molecule has 0 bridgehead atoms. The van der Waals surface area contributed by atoms with Crippen molar-refractivity contribution in [3.63, 3.8) is 0 Å². The fourth-order valence-electron chi connectivity index (χ4n) is 1.64. The maximum atomic E-state index is 13.4. The molecule has 1 aromatic carbocycles. The maximum Gasteiger partial charge on any atom is 0.314 e. The molecule has 0 radical (unpaired) electrons. The van der Waals surface area contributed by atoms with Crippen LogP contribution in [0.2, 0.25) is 0 Å². The zero-order valence-electron chi connectivity index (χ0n) is 7.86. The lowest BCUT2D eigenvalue weighted by atomic mass is 9.95. The van der Waals surface area contributed by atoms with Crippen molar-refractivity contribution >= 4 is 21.9 Å². The van der Waals surface area contributed by atoms with Crippen molar-refractivity contribution in [1.82, 2.24) is 0 Å². The molecule has 16 heavy (non-hydrogen) atoms. The number of halogens is 4. The summed E-state index contributed by atoms with van der Waals surface area (Å²) in [6.07, 6.45) is 0.466. The minimum absolute atomic E-state index is 0.233. The molecule has 1 saturated carbocycles. The average Bonchev–Trinajstić information content (AvgIpc) is 3.01. The van der Waals surface area contributed by atoms with Crippen LogP contribution in [0.15, 0.2) is 10.5 Å². The van der Waals surface area contributed by atoms with Gasteiger partial charge in [0.1, 0.15) is 0 Å². The van der Waals surface area contributed by atoms with Crippen LogP contribution >= 0.6 is 15.9 Å². The second-order valence-electron chi connectivity index (χ2n) is 3.74. The van der Waals surface area contributed by atoms with Gasteiger partial charge >= 0.3 is 5.97 Å². The quantitative estimate of drug-likeness (QED) is 0.672. The van der Waals surface area contributed by atoms with Gasteiger partial charge in [-0.15, -0.1) is 0 Å². The standard InChI is InChI=1S/C10H6BrF3O2/c11-5-3-4(6(12)8(14)7(5)13)10(1-2-10)9(15)16/h3H,1-2H2,(H,15,16). The predicted octanol–water partition coefficient (Wildman–Crippen LogP) is 2.98. The van der Waals surface area contributed by atoms with Gasteiger partial charge in [0.15, 0.2) is 17.5 Å². The van der Waals surface area contributed by atoms with E-state index in [1.807, 2.05) is 0 Å². The van der Waals surface area contributed by atoms with Crippen molar-refractivity contribution in [3.05, 3.63) is 33.6 Å². The van der Waals surface area contributed by atoms with Gasteiger partial charge in [-0.1, -0.05) is 0 Å². The molecule has 1 aliphatic rings. The van der Waals surface area contributed by atoms with Gasteiger partial charge in [-0.25, -0.2) is 13.2 Å². The molecular weight excluding hydrogens is 289 g/mol. The van der Waals surface area contributed by atoms with Gasteiger partial charge in [-0.3, -0.25) is 4.79 Å². The topological polar surface area (TPSA) is 37.3 Å². The smallest absolute Gasteiger partial charge is 0.314 e. The molecule has 1 aromatic rings. The van der Waals surface area contributed by atoms with Crippen molar-refractivity contribution in [2.75, 3.05) is 0 Å². The summed E-state index contributed by atoms with van der Waals surface area (Å²) >= 11 is 2.73. The molecule has 1 aliphatic carbocycles. The fraction of sp³-hybridized carbons (Fsp3) is 0.300. The van der Waals surface area contributed by atoms with E-state index in [0.29, 0.717) is 0 Å². The molecule has 2 rings (SSSR count). The highest BCUT2D eigenvalue weighted by Gasteiger charge is 2.54. The van der Waals surface area contributed by atoms with Gasteiger partial charge in [-0.2, -0.15) is 0 Å². The monoisotopic (exact) mass is 294 g/mol.